The van der Waals surface area contributed by atoms with E-state index in [1.54, 1.807) is 48.5 Å². The van der Waals surface area contributed by atoms with Crippen LogP contribution in [0.1, 0.15) is 45.9 Å². The maximum absolute atomic E-state index is 13.9. The van der Waals surface area contributed by atoms with Crippen LogP contribution in [0.2, 0.25) is 5.15 Å². The Morgan fingerprint density at radius 1 is 1.07 bits per heavy atom. The van der Waals surface area contributed by atoms with Gasteiger partial charge in [0.25, 0.3) is 11.8 Å². The van der Waals surface area contributed by atoms with Gasteiger partial charge in [-0.25, -0.2) is 13.4 Å². The van der Waals surface area contributed by atoms with Gasteiger partial charge < -0.3 is 15.3 Å². The maximum Gasteiger partial charge on any atom is 0.305 e. The van der Waals surface area contributed by atoms with E-state index in [2.05, 4.69) is 10.3 Å². The van der Waals surface area contributed by atoms with Gasteiger partial charge in [-0.1, -0.05) is 71.8 Å². The molecule has 0 spiro atoms. The van der Waals surface area contributed by atoms with Crippen LogP contribution < -0.4 is 5.32 Å². The molecule has 2 heterocycles. The molecule has 4 rings (SSSR count). The second kappa shape index (κ2) is 12.6. The van der Waals surface area contributed by atoms with Gasteiger partial charge in [-0.05, 0) is 36.6 Å². The Balaban J connectivity index is 1.72. The zero-order valence-electron chi connectivity index (χ0n) is 21.7. The summed E-state index contributed by atoms with van der Waals surface area (Å²) in [5.74, 6) is -2.93. The number of carbonyl (C=O) groups excluding carboxylic acids is 2. The molecule has 0 radical (unpaired) electrons. The molecule has 10 nitrogen and oxygen atoms in total. The van der Waals surface area contributed by atoms with Gasteiger partial charge in [0.1, 0.15) is 5.15 Å². The highest BCUT2D eigenvalue weighted by Crippen LogP contribution is 2.26. The van der Waals surface area contributed by atoms with Crippen molar-refractivity contribution in [2.45, 2.75) is 37.7 Å². The SMILES string of the molecule is Cc1cccc(C(CC(=O)O)NC(=O)C2N(C(=O)c3ccc(Cl)nc3)CCCN2S(=O)(=O)Cc2ccccc2)c1. The van der Waals surface area contributed by atoms with Crippen LogP contribution in [0, 0.1) is 6.92 Å². The Labute approximate surface area is 237 Å². The summed E-state index contributed by atoms with van der Waals surface area (Å²) >= 11 is 5.87. The van der Waals surface area contributed by atoms with Crippen LogP contribution in [0.25, 0.3) is 0 Å². The first kappa shape index (κ1) is 29.2. The molecule has 40 heavy (non-hydrogen) atoms. The first-order valence-corrected chi connectivity index (χ1v) is 14.6. The van der Waals surface area contributed by atoms with Crippen molar-refractivity contribution < 1.29 is 27.9 Å². The van der Waals surface area contributed by atoms with Gasteiger partial charge in [0.05, 0.1) is 23.8 Å². The highest BCUT2D eigenvalue weighted by Gasteiger charge is 2.44. The normalized spacial score (nSPS) is 16.8. The average molecular weight is 585 g/mol. The van der Waals surface area contributed by atoms with Crippen LogP contribution in [0.4, 0.5) is 0 Å². The molecule has 1 aliphatic heterocycles. The largest absolute Gasteiger partial charge is 0.481 e. The van der Waals surface area contributed by atoms with Crippen molar-refractivity contribution >= 4 is 39.4 Å². The van der Waals surface area contributed by atoms with Gasteiger partial charge >= 0.3 is 5.97 Å². The van der Waals surface area contributed by atoms with Gasteiger partial charge in [-0.3, -0.25) is 14.4 Å². The van der Waals surface area contributed by atoms with E-state index in [4.69, 9.17) is 11.6 Å². The predicted octanol–water partition coefficient (Wildman–Crippen LogP) is 3.38. The molecular formula is C28H29ClN4O6S. The van der Waals surface area contributed by atoms with E-state index in [0.717, 1.165) is 9.87 Å². The van der Waals surface area contributed by atoms with E-state index in [9.17, 15) is 27.9 Å². The monoisotopic (exact) mass is 584 g/mol. The Hall–Kier alpha value is -3.80. The van der Waals surface area contributed by atoms with E-state index in [-0.39, 0.29) is 29.6 Å². The maximum atomic E-state index is 13.9. The Morgan fingerprint density at radius 2 is 1.82 bits per heavy atom. The minimum absolute atomic E-state index is 0.00391. The molecule has 1 aliphatic rings. The van der Waals surface area contributed by atoms with Crippen LogP contribution in [-0.2, 0) is 25.4 Å². The lowest BCUT2D eigenvalue weighted by molar-refractivity contribution is -0.138. The molecule has 3 aromatic rings. The fraction of sp³-hybridized carbons (Fsp3) is 0.286. The first-order chi connectivity index (χ1) is 19.0. The third kappa shape index (κ3) is 7.04. The number of aromatic nitrogens is 1. The van der Waals surface area contributed by atoms with Crippen molar-refractivity contribution in [3.63, 3.8) is 0 Å². The highest BCUT2D eigenvalue weighted by molar-refractivity contribution is 7.88. The molecule has 210 valence electrons. The van der Waals surface area contributed by atoms with Gasteiger partial charge in [0.2, 0.25) is 10.0 Å². The van der Waals surface area contributed by atoms with Crippen LogP contribution in [-0.4, -0.2) is 64.8 Å². The number of hydrogen-bond acceptors (Lipinski definition) is 6. The third-order valence-corrected chi connectivity index (χ3v) is 8.52. The fourth-order valence-electron chi connectivity index (χ4n) is 4.67. The van der Waals surface area contributed by atoms with Gasteiger partial charge in [-0.15, -0.1) is 0 Å². The Morgan fingerprint density at radius 3 is 2.48 bits per heavy atom. The van der Waals surface area contributed by atoms with Crippen LogP contribution in [0.15, 0.2) is 72.9 Å². The molecule has 2 unspecified atom stereocenters. The van der Waals surface area contributed by atoms with Crippen molar-refractivity contribution in [1.82, 2.24) is 19.5 Å². The van der Waals surface area contributed by atoms with E-state index in [1.165, 1.54) is 23.2 Å². The number of carboxylic acid groups (broad SMARTS) is 1. The molecule has 2 N–H and O–H groups in total. The lowest BCUT2D eigenvalue weighted by atomic mass is 10.0. The number of hydrogen-bond donors (Lipinski definition) is 2. The number of nitrogens with zero attached hydrogens (tertiary/aromatic N) is 3. The summed E-state index contributed by atoms with van der Waals surface area (Å²) in [5.41, 5.74) is 2.06. The summed E-state index contributed by atoms with van der Waals surface area (Å²) in [6.07, 6.45) is -0.432. The molecule has 0 bridgehead atoms. The van der Waals surface area contributed by atoms with Crippen molar-refractivity contribution in [2.24, 2.45) is 0 Å². The number of nitrogens with one attached hydrogen (secondary N) is 1. The van der Waals surface area contributed by atoms with Crippen molar-refractivity contribution in [3.8, 4) is 0 Å². The molecule has 12 heteroatoms. The topological polar surface area (TPSA) is 137 Å². The number of rotatable bonds is 9. The smallest absolute Gasteiger partial charge is 0.305 e. The summed E-state index contributed by atoms with van der Waals surface area (Å²) in [5, 5.41) is 12.4. The minimum atomic E-state index is -4.09. The molecule has 0 saturated carbocycles. The second-order valence-corrected chi connectivity index (χ2v) is 11.8. The van der Waals surface area contributed by atoms with Crippen molar-refractivity contribution in [1.29, 1.82) is 0 Å². The van der Waals surface area contributed by atoms with E-state index in [0.29, 0.717) is 17.5 Å². The number of carbonyl (C=O) groups is 3. The molecule has 1 fully saturated rings. The summed E-state index contributed by atoms with van der Waals surface area (Å²) in [4.78, 5) is 44.3. The Bertz CT molecular complexity index is 1480. The lowest BCUT2D eigenvalue weighted by Gasteiger charge is -2.42. The van der Waals surface area contributed by atoms with Crippen LogP contribution >= 0.6 is 11.6 Å². The zero-order chi connectivity index (χ0) is 28.9. The lowest BCUT2D eigenvalue weighted by Crippen LogP contribution is -2.63. The van der Waals surface area contributed by atoms with E-state index < -0.39 is 46.4 Å². The molecule has 2 amide bonds. The van der Waals surface area contributed by atoms with Crippen LogP contribution in [0.3, 0.4) is 0 Å². The standard InChI is InChI=1S/C28H29ClN4O6S/c1-19-7-5-10-21(15-19)23(16-25(34)35)31-26(36)27-32(28(37)22-11-12-24(29)30-17-22)13-6-14-33(27)40(38,39)18-20-8-3-2-4-9-20/h2-5,7-12,15,17,23,27H,6,13-14,16,18H2,1H3,(H,31,36)(H,34,35). The van der Waals surface area contributed by atoms with Gasteiger partial charge in [0.15, 0.2) is 6.17 Å². The molecular weight excluding hydrogens is 556 g/mol. The first-order valence-electron chi connectivity index (χ1n) is 12.6. The molecule has 1 saturated heterocycles. The fourth-order valence-corrected chi connectivity index (χ4v) is 6.48. The number of halogens is 1. The third-order valence-electron chi connectivity index (χ3n) is 6.50. The minimum Gasteiger partial charge on any atom is -0.481 e. The quantitative estimate of drug-likeness (QED) is 0.368. The van der Waals surface area contributed by atoms with Crippen molar-refractivity contribution in [3.05, 3.63) is 100 Å². The number of pyridine rings is 1. The number of amides is 2. The highest BCUT2D eigenvalue weighted by atomic mass is 35.5. The summed E-state index contributed by atoms with van der Waals surface area (Å²) in [7, 11) is -4.09. The summed E-state index contributed by atoms with van der Waals surface area (Å²) < 4.78 is 28.4. The molecule has 2 aromatic carbocycles. The summed E-state index contributed by atoms with van der Waals surface area (Å²) in [6, 6.07) is 17.5. The van der Waals surface area contributed by atoms with E-state index >= 15 is 0 Å². The van der Waals surface area contributed by atoms with Gasteiger partial charge in [0, 0.05) is 19.3 Å². The zero-order valence-corrected chi connectivity index (χ0v) is 23.3. The number of benzene rings is 2. The number of aliphatic carboxylic acids is 1. The summed E-state index contributed by atoms with van der Waals surface area (Å²) in [6.45, 7) is 1.94. The Kier molecular flexibility index (Phi) is 9.18. The van der Waals surface area contributed by atoms with Crippen molar-refractivity contribution in [2.75, 3.05) is 13.1 Å². The number of carboxylic acids is 1. The molecule has 2 atom stereocenters. The number of sulfonamides is 1. The molecule has 1 aromatic heterocycles. The predicted molar refractivity (Wildman–Crippen MR) is 149 cm³/mol. The van der Waals surface area contributed by atoms with E-state index in [1.807, 2.05) is 13.0 Å². The second-order valence-electron chi connectivity index (χ2n) is 9.52. The average Bonchev–Trinajstić information content (AvgIpc) is 2.92. The van der Waals surface area contributed by atoms with Gasteiger partial charge in [-0.2, -0.15) is 4.31 Å². The molecule has 0 aliphatic carbocycles. The van der Waals surface area contributed by atoms with Crippen LogP contribution in [0.5, 0.6) is 0 Å². The number of aryl methyl sites for hydroxylation is 1.